The highest BCUT2D eigenvalue weighted by Gasteiger charge is 2.27. The molecule has 1 rings (SSSR count). The summed E-state index contributed by atoms with van der Waals surface area (Å²) >= 11 is 0. The molecule has 0 aromatic heterocycles. The van der Waals surface area contributed by atoms with E-state index in [1.165, 1.54) is 0 Å². The average Bonchev–Trinajstić information content (AvgIpc) is 2.55. The van der Waals surface area contributed by atoms with Crippen LogP contribution < -0.4 is 10.6 Å². The van der Waals surface area contributed by atoms with E-state index in [1.807, 2.05) is 6.92 Å². The monoisotopic (exact) mass is 262 g/mol. The number of amides is 1. The van der Waals surface area contributed by atoms with Crippen LogP contribution in [-0.4, -0.2) is 44.5 Å². The van der Waals surface area contributed by atoms with E-state index in [-0.39, 0.29) is 36.0 Å². The molecule has 17 heavy (non-hydrogen) atoms. The predicted octanol–water partition coefficient (Wildman–Crippen LogP) is 0.0679. The van der Waals surface area contributed by atoms with Gasteiger partial charge in [0, 0.05) is 12.1 Å². The van der Waals surface area contributed by atoms with Crippen LogP contribution in [0.25, 0.3) is 0 Å². The molecule has 0 aromatic carbocycles. The molecule has 1 aliphatic heterocycles. The minimum Gasteiger partial charge on any atom is -0.353 e. The minimum absolute atomic E-state index is 0.0600. The van der Waals surface area contributed by atoms with Crippen LogP contribution in [-0.2, 0) is 14.6 Å². The molecule has 0 aliphatic carbocycles. The van der Waals surface area contributed by atoms with Crippen LogP contribution in [0.1, 0.15) is 33.1 Å². The SMILES string of the molecule is CCCC(C)NC(=O)CNC1CCS(=O)(=O)C1. The van der Waals surface area contributed by atoms with E-state index in [9.17, 15) is 13.2 Å². The van der Waals surface area contributed by atoms with E-state index in [0.717, 1.165) is 12.8 Å². The zero-order valence-electron chi connectivity index (χ0n) is 10.5. The van der Waals surface area contributed by atoms with Crippen molar-refractivity contribution in [1.29, 1.82) is 0 Å². The highest BCUT2D eigenvalue weighted by Crippen LogP contribution is 2.10. The first-order valence-electron chi connectivity index (χ1n) is 6.16. The lowest BCUT2D eigenvalue weighted by atomic mass is 10.2. The Morgan fingerprint density at radius 3 is 2.71 bits per heavy atom. The molecule has 2 unspecified atom stereocenters. The van der Waals surface area contributed by atoms with Crippen molar-refractivity contribution in [3.63, 3.8) is 0 Å². The second kappa shape index (κ2) is 6.35. The second-order valence-electron chi connectivity index (χ2n) is 4.74. The molecule has 1 amide bonds. The Bertz CT molecular complexity index is 354. The molecule has 6 heteroatoms. The molecule has 1 heterocycles. The number of carbonyl (C=O) groups is 1. The van der Waals surface area contributed by atoms with E-state index in [1.54, 1.807) is 0 Å². The summed E-state index contributed by atoms with van der Waals surface area (Å²) in [6.07, 6.45) is 2.61. The van der Waals surface area contributed by atoms with Crippen molar-refractivity contribution in [1.82, 2.24) is 10.6 Å². The van der Waals surface area contributed by atoms with Gasteiger partial charge >= 0.3 is 0 Å². The molecule has 2 N–H and O–H groups in total. The van der Waals surface area contributed by atoms with Crippen molar-refractivity contribution in [3.05, 3.63) is 0 Å². The lowest BCUT2D eigenvalue weighted by molar-refractivity contribution is -0.121. The normalized spacial score (nSPS) is 24.5. The van der Waals surface area contributed by atoms with Crippen LogP contribution in [0.3, 0.4) is 0 Å². The third-order valence-electron chi connectivity index (χ3n) is 2.91. The van der Waals surface area contributed by atoms with Crippen LogP contribution in [0.15, 0.2) is 0 Å². The van der Waals surface area contributed by atoms with Gasteiger partial charge in [0.25, 0.3) is 0 Å². The van der Waals surface area contributed by atoms with E-state index in [0.29, 0.717) is 6.42 Å². The summed E-state index contributed by atoms with van der Waals surface area (Å²) in [6, 6.07) is 0.119. The molecule has 1 aliphatic rings. The van der Waals surface area contributed by atoms with Gasteiger partial charge in [-0.15, -0.1) is 0 Å². The fourth-order valence-electron chi connectivity index (χ4n) is 2.02. The smallest absolute Gasteiger partial charge is 0.234 e. The van der Waals surface area contributed by atoms with E-state index in [2.05, 4.69) is 17.6 Å². The number of hydrogen-bond donors (Lipinski definition) is 2. The zero-order valence-corrected chi connectivity index (χ0v) is 11.3. The molecule has 1 fully saturated rings. The van der Waals surface area contributed by atoms with Gasteiger partial charge < -0.3 is 10.6 Å². The van der Waals surface area contributed by atoms with Crippen molar-refractivity contribution in [2.24, 2.45) is 0 Å². The van der Waals surface area contributed by atoms with Gasteiger partial charge in [-0.1, -0.05) is 13.3 Å². The van der Waals surface area contributed by atoms with Gasteiger partial charge in [-0.05, 0) is 19.8 Å². The summed E-state index contributed by atoms with van der Waals surface area (Å²) in [5, 5.41) is 5.87. The Balaban J connectivity index is 2.20. The highest BCUT2D eigenvalue weighted by molar-refractivity contribution is 7.91. The Kier molecular flexibility index (Phi) is 5.39. The van der Waals surface area contributed by atoms with Crippen LogP contribution in [0.2, 0.25) is 0 Å². The molecule has 1 saturated heterocycles. The minimum atomic E-state index is -2.87. The molecular weight excluding hydrogens is 240 g/mol. The van der Waals surface area contributed by atoms with Crippen molar-refractivity contribution >= 4 is 15.7 Å². The first kappa shape index (κ1) is 14.4. The Morgan fingerprint density at radius 2 is 2.18 bits per heavy atom. The second-order valence-corrected chi connectivity index (χ2v) is 6.97. The van der Waals surface area contributed by atoms with Gasteiger partial charge in [0.2, 0.25) is 5.91 Å². The summed E-state index contributed by atoms with van der Waals surface area (Å²) in [6.45, 7) is 4.25. The first-order chi connectivity index (χ1) is 7.93. The number of nitrogens with one attached hydrogen (secondary N) is 2. The lowest BCUT2D eigenvalue weighted by Gasteiger charge is -2.14. The molecule has 0 radical (unpaired) electrons. The summed E-state index contributed by atoms with van der Waals surface area (Å²) in [7, 11) is -2.87. The maximum Gasteiger partial charge on any atom is 0.234 e. The summed E-state index contributed by atoms with van der Waals surface area (Å²) < 4.78 is 22.4. The molecule has 0 aromatic rings. The molecule has 2 atom stereocenters. The molecular formula is C11H22N2O3S. The van der Waals surface area contributed by atoms with E-state index >= 15 is 0 Å². The fraction of sp³-hybridized carbons (Fsp3) is 0.909. The number of sulfone groups is 1. The molecule has 5 nitrogen and oxygen atoms in total. The third-order valence-corrected chi connectivity index (χ3v) is 4.68. The first-order valence-corrected chi connectivity index (χ1v) is 7.98. The van der Waals surface area contributed by atoms with Gasteiger partial charge in [-0.25, -0.2) is 8.42 Å². The average molecular weight is 262 g/mol. The van der Waals surface area contributed by atoms with Crippen molar-refractivity contribution in [3.8, 4) is 0 Å². The van der Waals surface area contributed by atoms with E-state index in [4.69, 9.17) is 0 Å². The highest BCUT2D eigenvalue weighted by atomic mass is 32.2. The topological polar surface area (TPSA) is 75.3 Å². The number of carbonyl (C=O) groups excluding carboxylic acids is 1. The quantitative estimate of drug-likeness (QED) is 0.710. The molecule has 100 valence electrons. The summed E-state index contributed by atoms with van der Waals surface area (Å²) in [5.41, 5.74) is 0. The van der Waals surface area contributed by atoms with Crippen molar-refractivity contribution < 1.29 is 13.2 Å². The Labute approximate surface area is 103 Å². The van der Waals surface area contributed by atoms with Gasteiger partial charge in [0.1, 0.15) is 0 Å². The molecule has 0 saturated carbocycles. The number of hydrogen-bond acceptors (Lipinski definition) is 4. The number of rotatable bonds is 6. The fourth-order valence-corrected chi connectivity index (χ4v) is 3.73. The maximum atomic E-state index is 11.5. The van der Waals surface area contributed by atoms with Crippen LogP contribution in [0.4, 0.5) is 0 Å². The lowest BCUT2D eigenvalue weighted by Crippen LogP contribution is -2.42. The largest absolute Gasteiger partial charge is 0.353 e. The van der Waals surface area contributed by atoms with Crippen molar-refractivity contribution in [2.75, 3.05) is 18.1 Å². The van der Waals surface area contributed by atoms with Gasteiger partial charge in [-0.2, -0.15) is 0 Å². The standard InChI is InChI=1S/C11H22N2O3S/c1-3-4-9(2)13-11(14)7-12-10-5-6-17(15,16)8-10/h9-10,12H,3-8H2,1-2H3,(H,13,14). The summed E-state index contributed by atoms with van der Waals surface area (Å²) in [4.78, 5) is 11.5. The van der Waals surface area contributed by atoms with Crippen molar-refractivity contribution in [2.45, 2.75) is 45.2 Å². The van der Waals surface area contributed by atoms with Gasteiger partial charge in [-0.3, -0.25) is 4.79 Å². The predicted molar refractivity (Wildman–Crippen MR) is 67.6 cm³/mol. The van der Waals surface area contributed by atoms with Gasteiger partial charge in [0.05, 0.1) is 18.1 Å². The van der Waals surface area contributed by atoms with Crippen LogP contribution >= 0.6 is 0 Å². The zero-order chi connectivity index (χ0) is 12.9. The van der Waals surface area contributed by atoms with Crippen LogP contribution in [0.5, 0.6) is 0 Å². The Morgan fingerprint density at radius 1 is 1.47 bits per heavy atom. The molecule has 0 bridgehead atoms. The Hall–Kier alpha value is -0.620. The third kappa shape index (κ3) is 5.50. The van der Waals surface area contributed by atoms with Gasteiger partial charge in [0.15, 0.2) is 9.84 Å². The maximum absolute atomic E-state index is 11.5. The molecule has 0 spiro atoms. The van der Waals surface area contributed by atoms with Crippen LogP contribution in [0, 0.1) is 0 Å². The van der Waals surface area contributed by atoms with E-state index < -0.39 is 9.84 Å². The summed E-state index contributed by atoms with van der Waals surface area (Å²) in [5.74, 6) is 0.332.